The summed E-state index contributed by atoms with van der Waals surface area (Å²) in [5.74, 6) is 0.610. The summed E-state index contributed by atoms with van der Waals surface area (Å²) in [5, 5.41) is 13.5. The van der Waals surface area contributed by atoms with E-state index < -0.39 is 11.2 Å². The zero-order chi connectivity index (χ0) is 25.4. The number of ether oxygens (including phenoxy) is 1. The maximum absolute atomic E-state index is 12.7. The number of anilines is 3. The molecule has 35 heavy (non-hydrogen) atoms. The molecule has 0 amide bonds. The lowest BCUT2D eigenvalue weighted by molar-refractivity contribution is -0.0893. The van der Waals surface area contributed by atoms with Crippen molar-refractivity contribution < 1.29 is 14.5 Å². The molecule has 0 aliphatic carbocycles. The van der Waals surface area contributed by atoms with Gasteiger partial charge in [0.15, 0.2) is 0 Å². The van der Waals surface area contributed by atoms with Crippen LogP contribution < -0.4 is 21.2 Å². The first kappa shape index (κ1) is 25.7. The number of piperazine rings is 1. The third-order valence-corrected chi connectivity index (χ3v) is 7.45. The molecule has 0 saturated carbocycles. The van der Waals surface area contributed by atoms with Gasteiger partial charge < -0.3 is 29.3 Å². The topological polar surface area (TPSA) is 92.1 Å². The molecule has 190 valence electrons. The Balaban J connectivity index is 1.42. The van der Waals surface area contributed by atoms with E-state index in [1.54, 1.807) is 33.2 Å². The molecule has 0 aromatic carbocycles. The molecular weight excluding hydrogens is 445 g/mol. The van der Waals surface area contributed by atoms with Crippen LogP contribution in [0.2, 0.25) is 0 Å². The van der Waals surface area contributed by atoms with Crippen molar-refractivity contribution in [2.24, 2.45) is 7.05 Å². The number of nitrogens with one attached hydrogen (secondary N) is 1. The summed E-state index contributed by atoms with van der Waals surface area (Å²) in [7, 11) is 1.98. The van der Waals surface area contributed by atoms with Gasteiger partial charge in [0, 0.05) is 38.9 Å². The number of nitrogens with zero attached hydrogens (tertiary/aromatic N) is 4. The molecule has 2 aliphatic heterocycles. The molecule has 0 radical (unpaired) electrons. The van der Waals surface area contributed by atoms with Crippen molar-refractivity contribution in [2.45, 2.75) is 57.9 Å². The van der Waals surface area contributed by atoms with Gasteiger partial charge in [-0.25, -0.2) is 4.98 Å². The fourth-order valence-electron chi connectivity index (χ4n) is 4.29. The second-order valence-corrected chi connectivity index (χ2v) is 10.8. The predicted molar refractivity (Wildman–Crippen MR) is 140 cm³/mol. The zero-order valence-electron chi connectivity index (χ0n) is 21.7. The van der Waals surface area contributed by atoms with Gasteiger partial charge in [-0.15, -0.1) is 0 Å². The normalized spacial score (nSPS) is 20.0. The molecule has 2 aromatic heterocycles. The molecule has 2 aromatic rings. The van der Waals surface area contributed by atoms with E-state index in [2.05, 4.69) is 33.1 Å². The number of aliphatic hydroxyl groups is 1. The fraction of sp³-hybridized carbons (Fsp3) is 0.600. The van der Waals surface area contributed by atoms with Crippen LogP contribution in [0.15, 0.2) is 35.4 Å². The second kappa shape index (κ2) is 9.93. The first-order valence-corrected chi connectivity index (χ1v) is 12.3. The minimum absolute atomic E-state index is 0.147. The van der Waals surface area contributed by atoms with Gasteiger partial charge in [0.05, 0.1) is 42.3 Å². The van der Waals surface area contributed by atoms with Gasteiger partial charge in [-0.3, -0.25) is 9.69 Å². The van der Waals surface area contributed by atoms with Gasteiger partial charge in [-0.1, -0.05) is 0 Å². The Labute approximate surface area is 208 Å². The van der Waals surface area contributed by atoms with E-state index in [0.717, 1.165) is 44.0 Å². The quantitative estimate of drug-likeness (QED) is 0.537. The van der Waals surface area contributed by atoms with Gasteiger partial charge in [0.1, 0.15) is 11.5 Å². The minimum Gasteiger partial charge on any atom is -0.427 e. The number of rotatable bonds is 8. The van der Waals surface area contributed by atoms with E-state index in [-0.39, 0.29) is 13.0 Å². The van der Waals surface area contributed by atoms with Crippen LogP contribution in [0.3, 0.4) is 0 Å². The molecule has 0 bridgehead atoms. The molecule has 2 saturated heterocycles. The zero-order valence-corrected chi connectivity index (χ0v) is 21.7. The molecule has 0 spiro atoms. The van der Waals surface area contributed by atoms with Crippen LogP contribution in [0.4, 0.5) is 17.2 Å². The van der Waals surface area contributed by atoms with Crippen molar-refractivity contribution in [3.8, 4) is 0 Å². The minimum atomic E-state index is -1.00. The molecule has 0 unspecified atom stereocenters. The lowest BCUT2D eigenvalue weighted by Gasteiger charge is -2.46. The molecule has 2 fully saturated rings. The highest BCUT2D eigenvalue weighted by Gasteiger charge is 2.36. The van der Waals surface area contributed by atoms with E-state index in [9.17, 15) is 9.90 Å². The van der Waals surface area contributed by atoms with Crippen molar-refractivity contribution in [1.82, 2.24) is 14.5 Å². The SMILES string of the molecule is C[C@H]1CN(C2COC2)CCN1c1ccc(Nc2cc(BOC(C)(C)C(C)(C)O)cn(C)c2=O)nc1. The Morgan fingerprint density at radius 3 is 2.54 bits per heavy atom. The van der Waals surface area contributed by atoms with Crippen LogP contribution >= 0.6 is 0 Å². The van der Waals surface area contributed by atoms with Crippen molar-refractivity contribution in [2.75, 3.05) is 43.1 Å². The van der Waals surface area contributed by atoms with Crippen molar-refractivity contribution in [3.63, 3.8) is 0 Å². The highest BCUT2D eigenvalue weighted by molar-refractivity contribution is 6.47. The summed E-state index contributed by atoms with van der Waals surface area (Å²) in [4.78, 5) is 22.2. The number of pyridine rings is 2. The van der Waals surface area contributed by atoms with Crippen molar-refractivity contribution >= 4 is 30.1 Å². The molecular formula is C25H38BN5O4. The molecule has 4 heterocycles. The predicted octanol–water partition coefficient (Wildman–Crippen LogP) is 0.976. The van der Waals surface area contributed by atoms with Crippen LogP contribution in [0.5, 0.6) is 0 Å². The van der Waals surface area contributed by atoms with E-state index in [0.29, 0.717) is 23.6 Å². The summed E-state index contributed by atoms with van der Waals surface area (Å²) in [5.41, 5.74) is 0.436. The van der Waals surface area contributed by atoms with E-state index in [1.165, 1.54) is 4.57 Å². The fourth-order valence-corrected chi connectivity index (χ4v) is 4.29. The second-order valence-electron chi connectivity index (χ2n) is 10.8. The number of aromatic nitrogens is 2. The lowest BCUT2D eigenvalue weighted by atomic mass is 9.83. The molecule has 2 N–H and O–H groups in total. The molecule has 9 nitrogen and oxygen atoms in total. The van der Waals surface area contributed by atoms with Gasteiger partial charge in [-0.05, 0) is 58.3 Å². The molecule has 2 aliphatic rings. The average Bonchev–Trinajstić information content (AvgIpc) is 2.74. The first-order valence-electron chi connectivity index (χ1n) is 12.3. The monoisotopic (exact) mass is 483 g/mol. The molecule has 4 rings (SSSR count). The smallest absolute Gasteiger partial charge is 0.311 e. The summed E-state index contributed by atoms with van der Waals surface area (Å²) < 4.78 is 12.9. The summed E-state index contributed by atoms with van der Waals surface area (Å²) in [6.45, 7) is 14.1. The van der Waals surface area contributed by atoms with Crippen LogP contribution in [0.25, 0.3) is 0 Å². The average molecular weight is 483 g/mol. The maximum atomic E-state index is 12.7. The lowest BCUT2D eigenvalue weighted by Crippen LogP contribution is -2.59. The largest absolute Gasteiger partial charge is 0.427 e. The third kappa shape index (κ3) is 5.72. The van der Waals surface area contributed by atoms with Crippen LogP contribution in [-0.4, -0.2) is 83.2 Å². The standard InChI is InChI=1S/C25H38BN5O4/c1-17-13-30(20-15-34-16-20)9-10-31(17)19-7-8-22(27-12-19)28-21-11-18(14-29(6)23(21)32)26-35-25(4,5)24(2,3)33/h7-8,11-12,14,17,20,26,33H,9-10,13,15-16H2,1-6H3,(H,27,28)/t17-/m0/s1. The summed E-state index contributed by atoms with van der Waals surface area (Å²) >= 11 is 0. The van der Waals surface area contributed by atoms with E-state index >= 15 is 0 Å². The number of hydrogen-bond acceptors (Lipinski definition) is 8. The van der Waals surface area contributed by atoms with Gasteiger partial charge in [0.25, 0.3) is 5.56 Å². The van der Waals surface area contributed by atoms with Crippen molar-refractivity contribution in [3.05, 3.63) is 40.9 Å². The summed E-state index contributed by atoms with van der Waals surface area (Å²) in [6, 6.07) is 6.70. The molecule has 10 heteroatoms. The van der Waals surface area contributed by atoms with E-state index in [1.807, 2.05) is 26.1 Å². The number of aryl methyl sites for hydroxylation is 1. The maximum Gasteiger partial charge on any atom is 0.311 e. The Morgan fingerprint density at radius 2 is 1.97 bits per heavy atom. The van der Waals surface area contributed by atoms with Crippen LogP contribution in [-0.2, 0) is 16.4 Å². The highest BCUT2D eigenvalue weighted by Crippen LogP contribution is 2.25. The highest BCUT2D eigenvalue weighted by atomic mass is 16.5. The van der Waals surface area contributed by atoms with Crippen molar-refractivity contribution in [1.29, 1.82) is 0 Å². The molecule has 1 atom stereocenters. The van der Waals surface area contributed by atoms with E-state index in [4.69, 9.17) is 9.39 Å². The Kier molecular flexibility index (Phi) is 7.29. The van der Waals surface area contributed by atoms with Gasteiger partial charge in [0.2, 0.25) is 0 Å². The first-order chi connectivity index (χ1) is 16.4. The third-order valence-electron chi connectivity index (χ3n) is 7.45. The van der Waals surface area contributed by atoms with Crippen LogP contribution in [0.1, 0.15) is 34.6 Å². The van der Waals surface area contributed by atoms with Crippen LogP contribution in [0, 0.1) is 0 Å². The number of hydrogen-bond donors (Lipinski definition) is 2. The summed E-state index contributed by atoms with van der Waals surface area (Å²) in [6.07, 6.45) is 3.62. The van der Waals surface area contributed by atoms with Gasteiger partial charge >= 0.3 is 7.48 Å². The Bertz CT molecular complexity index is 1080. The van der Waals surface area contributed by atoms with Gasteiger partial charge in [-0.2, -0.15) is 0 Å². The Hall–Kier alpha value is -2.40. The Morgan fingerprint density at radius 1 is 1.23 bits per heavy atom.